The van der Waals surface area contributed by atoms with Crippen LogP contribution in [0.3, 0.4) is 0 Å². The van der Waals surface area contributed by atoms with Gasteiger partial charge in [0, 0.05) is 25.5 Å². The summed E-state index contributed by atoms with van der Waals surface area (Å²) in [6.07, 6.45) is 6.91. The van der Waals surface area contributed by atoms with Gasteiger partial charge in [0.1, 0.15) is 5.82 Å². The number of hydrogen-bond acceptors (Lipinski definition) is 4. The van der Waals surface area contributed by atoms with Gasteiger partial charge in [-0.15, -0.1) is 0 Å². The molecule has 1 aliphatic rings. The molecule has 3 heterocycles. The van der Waals surface area contributed by atoms with Crippen LogP contribution in [0.5, 0.6) is 0 Å². The van der Waals surface area contributed by atoms with Crippen molar-refractivity contribution in [1.29, 1.82) is 0 Å². The Morgan fingerprint density at radius 1 is 1.16 bits per heavy atom. The summed E-state index contributed by atoms with van der Waals surface area (Å²) < 4.78 is 22.4. The maximum absolute atomic E-state index is 13.5. The molecule has 6 nitrogen and oxygen atoms in total. The van der Waals surface area contributed by atoms with Gasteiger partial charge in [-0.05, 0) is 42.0 Å². The maximum Gasteiger partial charge on any atom is 0.261 e. The highest BCUT2D eigenvalue weighted by Gasteiger charge is 2.29. The Morgan fingerprint density at radius 2 is 1.94 bits per heavy atom. The average Bonchev–Trinajstić information content (AvgIpc) is 3.15. The summed E-state index contributed by atoms with van der Waals surface area (Å²) in [7, 11) is 1.61. The molecule has 0 unspecified atom stereocenters. The van der Waals surface area contributed by atoms with Crippen LogP contribution in [0.1, 0.15) is 44.8 Å². The molecule has 3 aromatic heterocycles. The lowest BCUT2D eigenvalue weighted by molar-refractivity contribution is 0.181. The van der Waals surface area contributed by atoms with Crippen molar-refractivity contribution in [3.05, 3.63) is 64.6 Å². The van der Waals surface area contributed by atoms with Gasteiger partial charge in [0.2, 0.25) is 0 Å². The molecule has 5 rings (SSSR count). The van der Waals surface area contributed by atoms with Crippen molar-refractivity contribution >= 4 is 16.6 Å². The van der Waals surface area contributed by atoms with E-state index in [1.54, 1.807) is 30.0 Å². The van der Waals surface area contributed by atoms with E-state index in [0.717, 1.165) is 24.0 Å². The number of nitrogens with zero attached hydrogens (tertiary/aromatic N) is 4. The van der Waals surface area contributed by atoms with Gasteiger partial charge in [0.05, 0.1) is 28.8 Å². The monoisotopic (exact) mass is 434 g/mol. The van der Waals surface area contributed by atoms with Gasteiger partial charge in [0.15, 0.2) is 5.65 Å². The van der Waals surface area contributed by atoms with Crippen LogP contribution in [-0.4, -0.2) is 26.3 Å². The van der Waals surface area contributed by atoms with E-state index in [4.69, 9.17) is 9.84 Å². The third-order valence-corrected chi connectivity index (χ3v) is 7.05. The van der Waals surface area contributed by atoms with Gasteiger partial charge < -0.3 is 9.30 Å². The molecule has 0 saturated heterocycles. The lowest BCUT2D eigenvalue weighted by Gasteiger charge is -2.35. The Balaban J connectivity index is 1.70. The summed E-state index contributed by atoms with van der Waals surface area (Å²) in [5.74, 6) is 0.736. The van der Waals surface area contributed by atoms with E-state index in [2.05, 4.69) is 18.8 Å². The largest absolute Gasteiger partial charge is 0.378 e. The topological polar surface area (TPSA) is 61.4 Å². The summed E-state index contributed by atoms with van der Waals surface area (Å²) in [5, 5.41) is 5.27. The first kappa shape index (κ1) is 20.8. The first-order valence-electron chi connectivity index (χ1n) is 11.2. The van der Waals surface area contributed by atoms with Crippen LogP contribution in [0, 0.1) is 17.7 Å². The van der Waals surface area contributed by atoms with E-state index in [9.17, 15) is 9.18 Å². The Morgan fingerprint density at radius 3 is 2.69 bits per heavy atom. The molecular formula is C25H27FN4O2. The Kier molecular flexibility index (Phi) is 5.29. The van der Waals surface area contributed by atoms with Gasteiger partial charge in [-0.2, -0.15) is 5.10 Å². The number of hydrogen-bond donors (Lipinski definition) is 0. The highest BCUT2D eigenvalue weighted by molar-refractivity contribution is 5.86. The molecule has 4 aromatic rings. The van der Waals surface area contributed by atoms with Crippen LogP contribution in [0.2, 0.25) is 0 Å². The molecular weight excluding hydrogens is 407 g/mol. The van der Waals surface area contributed by atoms with Crippen molar-refractivity contribution in [3.8, 4) is 11.1 Å². The van der Waals surface area contributed by atoms with Crippen LogP contribution in [-0.2, 0) is 11.3 Å². The molecule has 1 saturated carbocycles. The summed E-state index contributed by atoms with van der Waals surface area (Å²) >= 11 is 0. The third-order valence-electron chi connectivity index (χ3n) is 7.05. The van der Waals surface area contributed by atoms with Gasteiger partial charge in [-0.25, -0.2) is 13.9 Å². The van der Waals surface area contributed by atoms with Gasteiger partial charge >= 0.3 is 0 Å². The third kappa shape index (κ3) is 3.32. The highest BCUT2D eigenvalue weighted by Crippen LogP contribution is 2.37. The minimum Gasteiger partial charge on any atom is -0.378 e. The number of rotatable bonds is 4. The maximum atomic E-state index is 13.5. The lowest BCUT2D eigenvalue weighted by Crippen LogP contribution is -2.33. The second-order valence-corrected chi connectivity index (χ2v) is 8.92. The van der Waals surface area contributed by atoms with E-state index in [0.29, 0.717) is 34.1 Å². The summed E-state index contributed by atoms with van der Waals surface area (Å²) in [4.78, 5) is 18.1. The second-order valence-electron chi connectivity index (χ2n) is 8.92. The van der Waals surface area contributed by atoms with E-state index in [1.807, 2.05) is 16.8 Å². The number of fused-ring (bicyclic) bond motifs is 3. The van der Waals surface area contributed by atoms with Crippen molar-refractivity contribution in [2.24, 2.45) is 11.8 Å². The smallest absolute Gasteiger partial charge is 0.261 e. The fourth-order valence-electron chi connectivity index (χ4n) is 5.09. The molecule has 0 radical (unpaired) electrons. The lowest BCUT2D eigenvalue weighted by atomic mass is 9.78. The van der Waals surface area contributed by atoms with Gasteiger partial charge in [0.25, 0.3) is 5.56 Å². The zero-order valence-electron chi connectivity index (χ0n) is 18.6. The number of halogens is 1. The number of ether oxygens (including phenoxy) is 1. The first-order chi connectivity index (χ1) is 15.5. The standard InChI is InChI=1S/C25H27FN4O2/c1-15-5-4-6-21(16(15)2)29-12-11-22-19(25(29)31)13-27-24-23(17-7-9-18(26)10-8-17)20(14-32-3)28-30(22)24/h7-13,15-16,21H,4-6,14H2,1-3H3/t15-,16+,21+/m0/s1. The van der Waals surface area contributed by atoms with E-state index < -0.39 is 0 Å². The predicted molar refractivity (Wildman–Crippen MR) is 122 cm³/mol. The predicted octanol–water partition coefficient (Wildman–Crippen LogP) is 4.99. The first-order valence-corrected chi connectivity index (χ1v) is 11.2. The molecule has 0 bridgehead atoms. The molecule has 7 heteroatoms. The van der Waals surface area contributed by atoms with Crippen molar-refractivity contribution in [3.63, 3.8) is 0 Å². The molecule has 0 aliphatic heterocycles. The van der Waals surface area contributed by atoms with Gasteiger partial charge in [-0.1, -0.05) is 38.8 Å². The Labute approximate surface area is 185 Å². The molecule has 1 fully saturated rings. The van der Waals surface area contributed by atoms with Crippen LogP contribution >= 0.6 is 0 Å². The SMILES string of the molecule is COCc1nn2c(ncc3c(=O)n([C@@H]4CCC[C@H](C)[C@H]4C)ccc32)c1-c1ccc(F)cc1. The Bertz CT molecular complexity index is 1340. The molecule has 1 aliphatic carbocycles. The highest BCUT2D eigenvalue weighted by atomic mass is 19.1. The molecule has 3 atom stereocenters. The van der Waals surface area contributed by atoms with Crippen molar-refractivity contribution in [2.45, 2.75) is 45.8 Å². The van der Waals surface area contributed by atoms with Crippen molar-refractivity contribution in [1.82, 2.24) is 19.2 Å². The summed E-state index contributed by atoms with van der Waals surface area (Å²) in [5.41, 5.74) is 3.57. The molecule has 0 amide bonds. The number of pyridine rings is 1. The van der Waals surface area contributed by atoms with E-state index in [1.165, 1.54) is 18.6 Å². The van der Waals surface area contributed by atoms with Crippen LogP contribution in [0.4, 0.5) is 4.39 Å². The molecule has 1 aromatic carbocycles. The molecule has 0 spiro atoms. The zero-order valence-corrected chi connectivity index (χ0v) is 18.6. The molecule has 166 valence electrons. The minimum atomic E-state index is -0.302. The molecule has 32 heavy (non-hydrogen) atoms. The normalized spacial score (nSPS) is 21.4. The van der Waals surface area contributed by atoms with Crippen LogP contribution in [0.15, 0.2) is 47.5 Å². The summed E-state index contributed by atoms with van der Waals surface area (Å²) in [6.45, 7) is 4.80. The Hall–Kier alpha value is -3.06. The quantitative estimate of drug-likeness (QED) is 0.454. The number of aromatic nitrogens is 4. The second kappa shape index (κ2) is 8.13. The average molecular weight is 435 g/mol. The minimum absolute atomic E-state index is 0.0324. The number of methoxy groups -OCH3 is 1. The van der Waals surface area contributed by atoms with Crippen LogP contribution < -0.4 is 5.56 Å². The zero-order chi connectivity index (χ0) is 22.4. The van der Waals surface area contributed by atoms with Gasteiger partial charge in [-0.3, -0.25) is 4.79 Å². The van der Waals surface area contributed by atoms with Crippen molar-refractivity contribution in [2.75, 3.05) is 7.11 Å². The fraction of sp³-hybridized carbons (Fsp3) is 0.400. The van der Waals surface area contributed by atoms with E-state index >= 15 is 0 Å². The van der Waals surface area contributed by atoms with Crippen LogP contribution in [0.25, 0.3) is 27.7 Å². The summed E-state index contributed by atoms with van der Waals surface area (Å²) in [6, 6.07) is 8.41. The fourth-order valence-corrected chi connectivity index (χ4v) is 5.09. The van der Waals surface area contributed by atoms with E-state index in [-0.39, 0.29) is 24.0 Å². The number of benzene rings is 1. The molecule has 0 N–H and O–H groups in total. The van der Waals surface area contributed by atoms with Crippen molar-refractivity contribution < 1.29 is 9.13 Å².